The number of aromatic amines is 1. The summed E-state index contributed by atoms with van der Waals surface area (Å²) in [5, 5.41) is 9.79. The number of nitrogens with zero attached hydrogens (tertiary/aromatic N) is 2. The van der Waals surface area contributed by atoms with Crippen molar-refractivity contribution >= 4 is 61.9 Å². The molecule has 4 heterocycles. The molecule has 6 atom stereocenters. The SMILES string of the molecule is COc1cccc2[nH]c(C(=O)N[C@H](C(=O)N3C[C@H]4[C@@H]([C@H]3C(=O)N[C@@H](C[C@@H]3CCNC3=O)C(=O)c3nc5ccccc5s3)C4(C)C)C(C)(C)C)cc12. The smallest absolute Gasteiger partial charge is 0.268 e. The molecule has 4 amide bonds. The van der Waals surface area contributed by atoms with Gasteiger partial charge in [-0.3, -0.25) is 24.0 Å². The fourth-order valence-electron chi connectivity index (χ4n) is 8.03. The molecule has 0 spiro atoms. The minimum atomic E-state index is -1.01. The lowest BCUT2D eigenvalue weighted by atomic mass is 9.85. The number of ketones is 1. The Morgan fingerprint density at radius 3 is 2.55 bits per heavy atom. The summed E-state index contributed by atoms with van der Waals surface area (Å²) in [5.74, 6) is -1.65. The molecule has 3 fully saturated rings. The number of rotatable bonds is 10. The summed E-state index contributed by atoms with van der Waals surface area (Å²) in [4.78, 5) is 78.7. The maximum atomic E-state index is 14.6. The van der Waals surface area contributed by atoms with Crippen LogP contribution < -0.4 is 20.7 Å². The third-order valence-electron chi connectivity index (χ3n) is 11.1. The number of aromatic nitrogens is 2. The van der Waals surface area contributed by atoms with Crippen molar-refractivity contribution in [3.05, 3.63) is 59.2 Å². The first-order valence-electron chi connectivity index (χ1n) is 17.4. The number of fused-ring (bicyclic) bond motifs is 3. The van der Waals surface area contributed by atoms with E-state index in [9.17, 15) is 24.0 Å². The molecule has 4 aromatic rings. The molecule has 2 aliphatic heterocycles. The Balaban J connectivity index is 1.15. The van der Waals surface area contributed by atoms with Crippen LogP contribution in [0.3, 0.4) is 0 Å². The van der Waals surface area contributed by atoms with Gasteiger partial charge in [-0.1, -0.05) is 52.8 Å². The number of carbonyl (C=O) groups is 5. The summed E-state index contributed by atoms with van der Waals surface area (Å²) >= 11 is 1.25. The summed E-state index contributed by atoms with van der Waals surface area (Å²) in [7, 11) is 1.56. The van der Waals surface area contributed by atoms with E-state index in [0.717, 1.165) is 15.6 Å². The van der Waals surface area contributed by atoms with Crippen molar-refractivity contribution in [1.82, 2.24) is 30.8 Å². The van der Waals surface area contributed by atoms with E-state index in [1.807, 2.05) is 63.2 Å². The van der Waals surface area contributed by atoms with Crippen LogP contribution in [0.15, 0.2) is 48.5 Å². The van der Waals surface area contributed by atoms with Gasteiger partial charge in [0.2, 0.25) is 23.5 Å². The minimum Gasteiger partial charge on any atom is -0.496 e. The Bertz CT molecular complexity index is 2030. The third kappa shape index (κ3) is 6.25. The molecule has 4 N–H and O–H groups in total. The van der Waals surface area contributed by atoms with Crippen LogP contribution in [0.2, 0.25) is 0 Å². The van der Waals surface area contributed by atoms with Crippen LogP contribution >= 0.6 is 11.3 Å². The van der Waals surface area contributed by atoms with Gasteiger partial charge in [0.15, 0.2) is 5.01 Å². The van der Waals surface area contributed by atoms with Crippen molar-refractivity contribution in [2.24, 2.45) is 28.6 Å². The van der Waals surface area contributed by atoms with Crippen LogP contribution in [0.4, 0.5) is 0 Å². The Kier molecular flexibility index (Phi) is 8.68. The van der Waals surface area contributed by atoms with Crippen molar-refractivity contribution < 1.29 is 28.7 Å². The molecule has 0 unspecified atom stereocenters. The normalized spacial score (nSPS) is 23.4. The molecule has 2 aromatic heterocycles. The average molecular weight is 713 g/mol. The number of thiazole rings is 1. The summed E-state index contributed by atoms with van der Waals surface area (Å²) in [6.07, 6.45) is 0.681. The van der Waals surface area contributed by atoms with Crippen molar-refractivity contribution in [3.63, 3.8) is 0 Å². The predicted molar refractivity (Wildman–Crippen MR) is 193 cm³/mol. The van der Waals surface area contributed by atoms with Crippen molar-refractivity contribution in [1.29, 1.82) is 0 Å². The minimum absolute atomic E-state index is 0.0775. The number of amides is 4. The van der Waals surface area contributed by atoms with E-state index in [0.29, 0.717) is 30.8 Å². The highest BCUT2D eigenvalue weighted by molar-refractivity contribution is 7.20. The molecule has 1 aliphatic carbocycles. The zero-order chi connectivity index (χ0) is 36.4. The van der Waals surface area contributed by atoms with Crippen LogP contribution in [0, 0.1) is 28.6 Å². The Morgan fingerprint density at radius 2 is 1.86 bits per heavy atom. The van der Waals surface area contributed by atoms with E-state index in [1.54, 1.807) is 18.1 Å². The number of carbonyl (C=O) groups excluding carboxylic acids is 5. The second-order valence-electron chi connectivity index (χ2n) is 15.7. The number of piperidine rings is 1. The number of methoxy groups -OCH3 is 1. The Labute approximate surface area is 300 Å². The first-order chi connectivity index (χ1) is 24.2. The van der Waals surface area contributed by atoms with Gasteiger partial charge in [-0.15, -0.1) is 11.3 Å². The molecule has 12 nitrogen and oxygen atoms in total. The standard InChI is InChI=1S/C38H44N6O6S/c1-37(2,3)31(43-33(47)25-17-20-22(40-25)11-9-12-26(20)50-6)36(49)44-18-21-28(38(21,4)5)29(44)34(48)41-24(16-19-14-15-39-32(19)46)30(45)35-42-23-10-7-8-13-27(23)51-35/h7-13,17,19,21,24,28-29,31,40H,14-16,18H2,1-6H3,(H,39,46)(H,41,48)(H,43,47)/t19-,21-,24-,28-,29-,31+/m0/s1. The molecule has 268 valence electrons. The summed E-state index contributed by atoms with van der Waals surface area (Å²) < 4.78 is 6.30. The lowest BCUT2D eigenvalue weighted by molar-refractivity contribution is -0.144. The number of Topliss-reactive ketones (excluding diaryl/α,β-unsaturated/α-hetero) is 1. The van der Waals surface area contributed by atoms with Gasteiger partial charge in [0, 0.05) is 29.9 Å². The molecule has 0 bridgehead atoms. The Morgan fingerprint density at radius 1 is 1.10 bits per heavy atom. The molecule has 0 radical (unpaired) electrons. The lowest BCUT2D eigenvalue weighted by Gasteiger charge is -2.38. The van der Waals surface area contributed by atoms with Gasteiger partial charge >= 0.3 is 0 Å². The van der Waals surface area contributed by atoms with Crippen LogP contribution in [-0.4, -0.2) is 82.6 Å². The number of hydrogen-bond acceptors (Lipinski definition) is 8. The first kappa shape index (κ1) is 34.7. The molecule has 3 aliphatic rings. The number of benzene rings is 2. The van der Waals surface area contributed by atoms with E-state index in [2.05, 4.69) is 39.8 Å². The van der Waals surface area contributed by atoms with E-state index in [4.69, 9.17) is 4.74 Å². The highest BCUT2D eigenvalue weighted by atomic mass is 32.1. The maximum Gasteiger partial charge on any atom is 0.268 e. The molecular weight excluding hydrogens is 669 g/mol. The quantitative estimate of drug-likeness (QED) is 0.178. The van der Waals surface area contributed by atoms with Gasteiger partial charge in [-0.05, 0) is 65.8 Å². The van der Waals surface area contributed by atoms with Crippen molar-refractivity contribution in [2.75, 3.05) is 20.2 Å². The molecule has 13 heteroatoms. The van der Waals surface area contributed by atoms with Crippen LogP contribution in [0.25, 0.3) is 21.1 Å². The molecule has 51 heavy (non-hydrogen) atoms. The summed E-state index contributed by atoms with van der Waals surface area (Å²) in [5.41, 5.74) is 0.790. The molecule has 7 rings (SSSR count). The highest BCUT2D eigenvalue weighted by Gasteiger charge is 2.70. The summed E-state index contributed by atoms with van der Waals surface area (Å²) in [6, 6.07) is 11.8. The van der Waals surface area contributed by atoms with Gasteiger partial charge < -0.3 is 30.6 Å². The Hall–Kier alpha value is -4.78. The zero-order valence-electron chi connectivity index (χ0n) is 29.7. The number of ether oxygens (including phenoxy) is 1. The van der Waals surface area contributed by atoms with Gasteiger partial charge in [0.05, 0.1) is 23.4 Å². The van der Waals surface area contributed by atoms with Crippen LogP contribution in [-0.2, 0) is 14.4 Å². The second-order valence-corrected chi connectivity index (χ2v) is 16.7. The zero-order valence-corrected chi connectivity index (χ0v) is 30.5. The molecule has 1 saturated carbocycles. The number of para-hydroxylation sites is 1. The average Bonchev–Trinajstić information content (AvgIpc) is 3.74. The largest absolute Gasteiger partial charge is 0.496 e. The van der Waals surface area contributed by atoms with Crippen LogP contribution in [0.5, 0.6) is 5.75 Å². The number of likely N-dealkylation sites (tertiary alicyclic amines) is 1. The van der Waals surface area contributed by atoms with Crippen molar-refractivity contribution in [3.8, 4) is 5.75 Å². The number of hydrogen-bond donors (Lipinski definition) is 4. The lowest BCUT2D eigenvalue weighted by Crippen LogP contribution is -2.60. The van der Waals surface area contributed by atoms with Gasteiger partial charge in [-0.25, -0.2) is 4.98 Å². The first-order valence-corrected chi connectivity index (χ1v) is 18.3. The predicted octanol–water partition coefficient (Wildman–Crippen LogP) is 4.31. The van der Waals surface area contributed by atoms with E-state index in [-0.39, 0.29) is 52.0 Å². The van der Waals surface area contributed by atoms with E-state index in [1.165, 1.54) is 11.3 Å². The number of nitrogens with one attached hydrogen (secondary N) is 4. The maximum absolute atomic E-state index is 14.6. The van der Waals surface area contributed by atoms with Gasteiger partial charge in [-0.2, -0.15) is 0 Å². The highest BCUT2D eigenvalue weighted by Crippen LogP contribution is 2.65. The van der Waals surface area contributed by atoms with E-state index >= 15 is 0 Å². The molecular formula is C38H44N6O6S. The second kappa shape index (κ2) is 12.8. The van der Waals surface area contributed by atoms with Gasteiger partial charge in [0.25, 0.3) is 5.91 Å². The summed E-state index contributed by atoms with van der Waals surface area (Å²) in [6.45, 7) is 10.7. The van der Waals surface area contributed by atoms with Crippen molar-refractivity contribution in [2.45, 2.75) is 65.6 Å². The molecule has 2 saturated heterocycles. The number of H-pyrrole nitrogens is 1. The fraction of sp³-hybridized carbons (Fsp3) is 0.474. The monoisotopic (exact) mass is 712 g/mol. The topological polar surface area (TPSA) is 163 Å². The van der Waals surface area contributed by atoms with E-state index < -0.39 is 41.3 Å². The van der Waals surface area contributed by atoms with Crippen LogP contribution in [0.1, 0.15) is 67.8 Å². The third-order valence-corrected chi connectivity index (χ3v) is 12.1. The van der Waals surface area contributed by atoms with Gasteiger partial charge in [0.1, 0.15) is 23.5 Å². The fourth-order valence-corrected chi connectivity index (χ4v) is 8.99. The molecule has 2 aromatic carbocycles.